The molecular formula is C16H21N5O2. The van der Waals surface area contributed by atoms with Gasteiger partial charge < -0.3 is 9.73 Å². The molecule has 1 unspecified atom stereocenters. The van der Waals surface area contributed by atoms with E-state index in [2.05, 4.69) is 31.5 Å². The van der Waals surface area contributed by atoms with Gasteiger partial charge in [-0.1, -0.05) is 6.08 Å². The van der Waals surface area contributed by atoms with Crippen LogP contribution in [0.15, 0.2) is 35.2 Å². The van der Waals surface area contributed by atoms with Gasteiger partial charge in [-0.05, 0) is 43.5 Å². The number of aromatic nitrogens is 3. The lowest BCUT2D eigenvalue weighted by molar-refractivity contribution is 0.0925. The van der Waals surface area contributed by atoms with Gasteiger partial charge in [-0.15, -0.1) is 0 Å². The number of hydrogen-bond donors (Lipinski definition) is 2. The van der Waals surface area contributed by atoms with Gasteiger partial charge in [0.2, 0.25) is 5.82 Å². The molecule has 0 spiro atoms. The van der Waals surface area contributed by atoms with Crippen LogP contribution in [0.3, 0.4) is 0 Å². The first-order chi connectivity index (χ1) is 11.3. The fourth-order valence-corrected chi connectivity index (χ4v) is 2.82. The topological polar surface area (TPSA) is 87.1 Å². The number of carbonyl (C=O) groups is 1. The quantitative estimate of drug-likeness (QED) is 0.844. The molecule has 23 heavy (non-hydrogen) atoms. The molecule has 1 aliphatic heterocycles. The monoisotopic (exact) mass is 315 g/mol. The van der Waals surface area contributed by atoms with Gasteiger partial charge >= 0.3 is 0 Å². The highest BCUT2D eigenvalue weighted by atomic mass is 16.3. The number of carbonyl (C=O) groups excluding carboxylic acids is 1. The minimum Gasteiger partial charge on any atom is -0.465 e. The van der Waals surface area contributed by atoms with E-state index in [4.69, 9.17) is 4.42 Å². The predicted molar refractivity (Wildman–Crippen MR) is 85.6 cm³/mol. The van der Waals surface area contributed by atoms with Crippen molar-refractivity contribution in [3.05, 3.63) is 42.4 Å². The number of furan rings is 1. The molecular weight excluding hydrogens is 294 g/mol. The summed E-state index contributed by atoms with van der Waals surface area (Å²) in [5.74, 6) is 1.40. The molecule has 1 amide bonds. The van der Waals surface area contributed by atoms with Crippen molar-refractivity contribution >= 4 is 12.0 Å². The lowest BCUT2D eigenvalue weighted by Gasteiger charge is -2.31. The van der Waals surface area contributed by atoms with Gasteiger partial charge in [0, 0.05) is 19.6 Å². The molecule has 3 rings (SSSR count). The molecule has 7 heteroatoms. The highest BCUT2D eigenvalue weighted by Crippen LogP contribution is 2.16. The van der Waals surface area contributed by atoms with Gasteiger partial charge in [0.25, 0.3) is 5.91 Å². The normalized spacial score (nSPS) is 19.2. The van der Waals surface area contributed by atoms with Crippen LogP contribution in [0, 0.1) is 5.92 Å². The third-order valence-corrected chi connectivity index (χ3v) is 3.97. The van der Waals surface area contributed by atoms with Gasteiger partial charge in [-0.3, -0.25) is 14.8 Å². The van der Waals surface area contributed by atoms with Crippen LogP contribution in [0.4, 0.5) is 0 Å². The maximum atomic E-state index is 11.9. The van der Waals surface area contributed by atoms with Crippen LogP contribution in [-0.2, 0) is 0 Å². The molecule has 1 saturated heterocycles. The lowest BCUT2D eigenvalue weighted by atomic mass is 9.98. The zero-order valence-corrected chi connectivity index (χ0v) is 12.9. The van der Waals surface area contributed by atoms with E-state index in [9.17, 15) is 4.79 Å². The molecule has 7 nitrogen and oxygen atoms in total. The summed E-state index contributed by atoms with van der Waals surface area (Å²) in [5.41, 5.74) is 0. The minimum absolute atomic E-state index is 0.197. The Morgan fingerprint density at radius 1 is 1.57 bits per heavy atom. The number of amides is 1. The van der Waals surface area contributed by atoms with Crippen LogP contribution < -0.4 is 5.32 Å². The SMILES string of the molecule is O=C(NCC1CCCN(CC=Cc2ccco2)C1)c1ncn[nH]1. The van der Waals surface area contributed by atoms with Gasteiger partial charge in [-0.25, -0.2) is 4.98 Å². The van der Waals surface area contributed by atoms with E-state index in [1.807, 2.05) is 18.2 Å². The second-order valence-electron chi connectivity index (χ2n) is 5.73. The zero-order chi connectivity index (χ0) is 15.9. The Morgan fingerprint density at radius 2 is 2.52 bits per heavy atom. The van der Waals surface area contributed by atoms with E-state index < -0.39 is 0 Å². The third-order valence-electron chi connectivity index (χ3n) is 3.97. The number of likely N-dealkylation sites (tertiary alicyclic amines) is 1. The molecule has 1 atom stereocenters. The maximum Gasteiger partial charge on any atom is 0.288 e. The van der Waals surface area contributed by atoms with Crippen molar-refractivity contribution in [2.24, 2.45) is 5.92 Å². The van der Waals surface area contributed by atoms with Crippen molar-refractivity contribution < 1.29 is 9.21 Å². The number of nitrogens with one attached hydrogen (secondary N) is 2. The summed E-state index contributed by atoms with van der Waals surface area (Å²) >= 11 is 0. The predicted octanol–water partition coefficient (Wildman–Crippen LogP) is 1.55. The van der Waals surface area contributed by atoms with Gasteiger partial charge in [-0.2, -0.15) is 5.10 Å². The Kier molecular flexibility index (Phi) is 5.21. The van der Waals surface area contributed by atoms with Crippen molar-refractivity contribution in [3.63, 3.8) is 0 Å². The van der Waals surface area contributed by atoms with E-state index in [0.29, 0.717) is 12.5 Å². The molecule has 2 aromatic heterocycles. The molecule has 0 aromatic carbocycles. The van der Waals surface area contributed by atoms with E-state index in [1.165, 1.54) is 6.33 Å². The smallest absolute Gasteiger partial charge is 0.288 e. The van der Waals surface area contributed by atoms with E-state index in [1.54, 1.807) is 6.26 Å². The first kappa shape index (κ1) is 15.5. The summed E-state index contributed by atoms with van der Waals surface area (Å²) in [4.78, 5) is 18.1. The number of nitrogens with zero attached hydrogens (tertiary/aromatic N) is 3. The van der Waals surface area contributed by atoms with E-state index >= 15 is 0 Å². The second-order valence-corrected chi connectivity index (χ2v) is 5.73. The Balaban J connectivity index is 1.42. The molecule has 0 bridgehead atoms. The first-order valence-electron chi connectivity index (χ1n) is 7.87. The van der Waals surface area contributed by atoms with Gasteiger partial charge in [0.05, 0.1) is 6.26 Å². The highest BCUT2D eigenvalue weighted by Gasteiger charge is 2.20. The highest BCUT2D eigenvalue weighted by molar-refractivity contribution is 5.90. The average Bonchev–Trinajstić information content (AvgIpc) is 3.26. The lowest BCUT2D eigenvalue weighted by Crippen LogP contribution is -2.41. The first-order valence-corrected chi connectivity index (χ1v) is 7.87. The van der Waals surface area contributed by atoms with Crippen LogP contribution in [0.5, 0.6) is 0 Å². The van der Waals surface area contributed by atoms with Crippen LogP contribution in [0.2, 0.25) is 0 Å². The summed E-state index contributed by atoms with van der Waals surface area (Å²) in [7, 11) is 0. The molecule has 0 saturated carbocycles. The number of piperidine rings is 1. The van der Waals surface area contributed by atoms with E-state index in [0.717, 1.165) is 38.2 Å². The van der Waals surface area contributed by atoms with Crippen molar-refractivity contribution in [1.29, 1.82) is 0 Å². The molecule has 0 aliphatic carbocycles. The molecule has 1 fully saturated rings. The summed E-state index contributed by atoms with van der Waals surface area (Å²) < 4.78 is 5.28. The molecule has 2 aromatic rings. The number of aromatic amines is 1. The van der Waals surface area contributed by atoms with Crippen molar-refractivity contribution in [2.45, 2.75) is 12.8 Å². The summed E-state index contributed by atoms with van der Waals surface area (Å²) in [5, 5.41) is 9.18. The fraction of sp³-hybridized carbons (Fsp3) is 0.438. The van der Waals surface area contributed by atoms with E-state index in [-0.39, 0.29) is 11.7 Å². The van der Waals surface area contributed by atoms with Crippen LogP contribution >= 0.6 is 0 Å². The zero-order valence-electron chi connectivity index (χ0n) is 12.9. The number of H-pyrrole nitrogens is 1. The van der Waals surface area contributed by atoms with Gasteiger partial charge in [0.1, 0.15) is 12.1 Å². The van der Waals surface area contributed by atoms with Crippen molar-refractivity contribution in [3.8, 4) is 0 Å². The average molecular weight is 315 g/mol. The Labute approximate surface area is 134 Å². The fourth-order valence-electron chi connectivity index (χ4n) is 2.82. The van der Waals surface area contributed by atoms with Crippen LogP contribution in [-0.4, -0.2) is 52.2 Å². The van der Waals surface area contributed by atoms with Crippen LogP contribution in [0.1, 0.15) is 29.2 Å². The summed E-state index contributed by atoms with van der Waals surface area (Å²) in [6.45, 7) is 3.64. The molecule has 2 N–H and O–H groups in total. The van der Waals surface area contributed by atoms with Crippen LogP contribution in [0.25, 0.3) is 6.08 Å². The maximum absolute atomic E-state index is 11.9. The van der Waals surface area contributed by atoms with Crippen molar-refractivity contribution in [1.82, 2.24) is 25.4 Å². The van der Waals surface area contributed by atoms with Gasteiger partial charge in [0.15, 0.2) is 0 Å². The molecule has 1 aliphatic rings. The third kappa shape index (κ3) is 4.53. The molecule has 122 valence electrons. The minimum atomic E-state index is -0.197. The Morgan fingerprint density at radius 3 is 3.30 bits per heavy atom. The summed E-state index contributed by atoms with van der Waals surface area (Å²) in [6.07, 6.45) is 9.41. The second kappa shape index (κ2) is 7.73. The van der Waals surface area contributed by atoms with Crippen molar-refractivity contribution in [2.75, 3.05) is 26.2 Å². The Hall–Kier alpha value is -2.41. The standard InChI is InChI=1S/C16H21N5O2/c22-16(15-18-12-19-20-15)17-10-13-4-1-7-21(11-13)8-2-5-14-6-3-9-23-14/h2-3,5-6,9,12-13H,1,4,7-8,10-11H2,(H,17,22)(H,18,19,20). The Bertz CT molecular complexity index is 621. The summed E-state index contributed by atoms with van der Waals surface area (Å²) in [6, 6.07) is 3.82. The molecule has 3 heterocycles. The number of rotatable bonds is 6. The number of hydrogen-bond acceptors (Lipinski definition) is 5. The largest absolute Gasteiger partial charge is 0.465 e. The molecule has 0 radical (unpaired) electrons.